The molecule has 0 fully saturated rings. The summed E-state index contributed by atoms with van der Waals surface area (Å²) in [7, 11) is 1.76. The lowest BCUT2D eigenvalue weighted by Gasteiger charge is -2.06. The second-order valence-electron chi connectivity index (χ2n) is 4.03. The molecule has 3 rings (SSSR count). The summed E-state index contributed by atoms with van der Waals surface area (Å²) in [6.07, 6.45) is 4.18. The summed E-state index contributed by atoms with van der Waals surface area (Å²) in [5.74, 6) is 0.832. The number of hydrogen-bond donors (Lipinski definition) is 0. The van der Waals surface area contributed by atoms with Gasteiger partial charge in [0.2, 0.25) is 0 Å². The maximum Gasteiger partial charge on any atom is 0.262 e. The van der Waals surface area contributed by atoms with E-state index in [4.69, 9.17) is 4.52 Å². The van der Waals surface area contributed by atoms with E-state index < -0.39 is 0 Å². The number of nitrogens with zero attached hydrogens (tertiary/aromatic N) is 3. The number of rotatable bonds is 4. The average Bonchev–Trinajstić information content (AvgIpc) is 3.06. The van der Waals surface area contributed by atoms with Crippen LogP contribution >= 0.6 is 23.1 Å². The first-order valence-corrected chi connectivity index (χ1v) is 7.57. The normalized spacial score (nSPS) is 11.2. The highest BCUT2D eigenvalue weighted by molar-refractivity contribution is 7.99. The van der Waals surface area contributed by atoms with E-state index in [0.29, 0.717) is 5.39 Å². The van der Waals surface area contributed by atoms with Crippen molar-refractivity contribution < 1.29 is 4.52 Å². The molecule has 19 heavy (non-hydrogen) atoms. The van der Waals surface area contributed by atoms with Crippen LogP contribution in [0.5, 0.6) is 0 Å². The summed E-state index contributed by atoms with van der Waals surface area (Å²) in [6, 6.07) is 1.82. The van der Waals surface area contributed by atoms with Crippen LogP contribution in [0.3, 0.4) is 0 Å². The van der Waals surface area contributed by atoms with E-state index >= 15 is 0 Å². The lowest BCUT2D eigenvalue weighted by molar-refractivity contribution is 0.419. The van der Waals surface area contributed by atoms with Crippen molar-refractivity contribution in [3.05, 3.63) is 39.8 Å². The Kier molecular flexibility index (Phi) is 3.39. The quantitative estimate of drug-likeness (QED) is 0.546. The Morgan fingerprint density at radius 2 is 2.42 bits per heavy atom. The molecule has 0 spiro atoms. The zero-order chi connectivity index (χ0) is 13.2. The molecule has 7 heteroatoms. The van der Waals surface area contributed by atoms with Crippen LogP contribution in [0.4, 0.5) is 0 Å². The molecule has 0 aliphatic carbocycles. The van der Waals surface area contributed by atoms with Gasteiger partial charge in [0.05, 0.1) is 11.6 Å². The van der Waals surface area contributed by atoms with Crippen LogP contribution in [0.1, 0.15) is 5.56 Å². The van der Waals surface area contributed by atoms with E-state index in [0.717, 1.165) is 27.7 Å². The molecule has 0 aliphatic heterocycles. The van der Waals surface area contributed by atoms with Crippen LogP contribution in [-0.2, 0) is 13.5 Å². The minimum Gasteiger partial charge on any atom is -0.364 e. The Balaban J connectivity index is 1.80. The minimum absolute atomic E-state index is 0.0127. The molecule has 3 aromatic heterocycles. The zero-order valence-electron chi connectivity index (χ0n) is 10.2. The van der Waals surface area contributed by atoms with Crippen LogP contribution in [0, 0.1) is 0 Å². The third-order valence-corrected chi connectivity index (χ3v) is 4.61. The van der Waals surface area contributed by atoms with Crippen molar-refractivity contribution in [2.24, 2.45) is 7.05 Å². The summed E-state index contributed by atoms with van der Waals surface area (Å²) in [4.78, 5) is 17.4. The Morgan fingerprint density at radius 1 is 1.53 bits per heavy atom. The van der Waals surface area contributed by atoms with Gasteiger partial charge in [0.1, 0.15) is 11.1 Å². The van der Waals surface area contributed by atoms with E-state index in [2.05, 4.69) is 10.1 Å². The molecule has 0 aliphatic rings. The maximum absolute atomic E-state index is 12.1. The highest BCUT2D eigenvalue weighted by atomic mass is 32.2. The fourth-order valence-corrected chi connectivity index (χ4v) is 3.48. The van der Waals surface area contributed by atoms with Gasteiger partial charge < -0.3 is 4.52 Å². The maximum atomic E-state index is 12.1. The second-order valence-corrected chi connectivity index (χ2v) is 5.99. The van der Waals surface area contributed by atoms with Crippen LogP contribution in [-0.4, -0.2) is 20.5 Å². The molecule has 0 unspecified atom stereocenters. The molecular weight excluding hydrogens is 282 g/mol. The first kappa shape index (κ1) is 12.4. The first-order valence-electron chi connectivity index (χ1n) is 5.71. The molecule has 0 saturated heterocycles. The van der Waals surface area contributed by atoms with E-state index in [9.17, 15) is 4.79 Å². The molecule has 3 aromatic rings. The fraction of sp³-hybridized carbons (Fsp3) is 0.250. The third kappa shape index (κ3) is 2.43. The Labute approximate surface area is 117 Å². The second kappa shape index (κ2) is 5.18. The van der Waals surface area contributed by atoms with E-state index in [-0.39, 0.29) is 5.56 Å². The van der Waals surface area contributed by atoms with Crippen molar-refractivity contribution in [3.8, 4) is 0 Å². The molecule has 0 N–H and O–H groups in total. The number of thiophene rings is 1. The molecule has 0 radical (unpaired) electrons. The molecule has 0 aromatic carbocycles. The number of aryl methyl sites for hydroxylation is 1. The molecule has 5 nitrogen and oxygen atoms in total. The molecule has 0 atom stereocenters. The predicted molar refractivity (Wildman–Crippen MR) is 75.8 cm³/mol. The van der Waals surface area contributed by atoms with Crippen LogP contribution in [0.15, 0.2) is 38.4 Å². The van der Waals surface area contributed by atoms with Crippen molar-refractivity contribution >= 4 is 33.3 Å². The van der Waals surface area contributed by atoms with Gasteiger partial charge in [-0.05, 0) is 17.9 Å². The van der Waals surface area contributed by atoms with Gasteiger partial charge in [-0.1, -0.05) is 16.9 Å². The topological polar surface area (TPSA) is 60.9 Å². The molecule has 3 heterocycles. The number of aromatic nitrogens is 3. The van der Waals surface area contributed by atoms with Gasteiger partial charge in [-0.25, -0.2) is 4.98 Å². The summed E-state index contributed by atoms with van der Waals surface area (Å²) in [5, 5.41) is 6.99. The SMILES string of the molecule is Cn1c(SCCc2cnoc2)nc2sccc2c1=O. The van der Waals surface area contributed by atoms with Gasteiger partial charge in [-0.3, -0.25) is 9.36 Å². The van der Waals surface area contributed by atoms with Crippen LogP contribution < -0.4 is 5.56 Å². The largest absolute Gasteiger partial charge is 0.364 e. The molecular formula is C12H11N3O2S2. The van der Waals surface area contributed by atoms with E-state index in [1.807, 2.05) is 11.4 Å². The summed E-state index contributed by atoms with van der Waals surface area (Å²) in [6.45, 7) is 0. The Hall–Kier alpha value is -1.60. The molecule has 98 valence electrons. The third-order valence-electron chi connectivity index (χ3n) is 2.77. The van der Waals surface area contributed by atoms with Crippen molar-refractivity contribution in [2.45, 2.75) is 11.6 Å². The molecule has 0 saturated carbocycles. The smallest absolute Gasteiger partial charge is 0.262 e. The van der Waals surface area contributed by atoms with Gasteiger partial charge in [0.15, 0.2) is 5.16 Å². The van der Waals surface area contributed by atoms with E-state index in [1.165, 1.54) is 11.3 Å². The average molecular weight is 293 g/mol. The summed E-state index contributed by atoms with van der Waals surface area (Å²) in [5.41, 5.74) is 1.06. The summed E-state index contributed by atoms with van der Waals surface area (Å²) >= 11 is 3.06. The lowest BCUT2D eigenvalue weighted by Crippen LogP contribution is -2.19. The number of fused-ring (bicyclic) bond motifs is 1. The standard InChI is InChI=1S/C12H11N3O2S2/c1-15-11(16)9-3-5-18-10(9)14-12(15)19-4-2-8-6-13-17-7-8/h3,5-7H,2,4H2,1H3. The zero-order valence-corrected chi connectivity index (χ0v) is 11.8. The van der Waals surface area contributed by atoms with Crippen molar-refractivity contribution in [1.82, 2.24) is 14.7 Å². The number of hydrogen-bond acceptors (Lipinski definition) is 6. The fourth-order valence-electron chi connectivity index (χ4n) is 1.72. The van der Waals surface area contributed by atoms with Crippen molar-refractivity contribution in [3.63, 3.8) is 0 Å². The van der Waals surface area contributed by atoms with Gasteiger partial charge in [-0.2, -0.15) is 0 Å². The van der Waals surface area contributed by atoms with Crippen molar-refractivity contribution in [2.75, 3.05) is 5.75 Å². The highest BCUT2D eigenvalue weighted by Crippen LogP contribution is 2.21. The summed E-state index contributed by atoms with van der Waals surface area (Å²) < 4.78 is 6.38. The van der Waals surface area contributed by atoms with E-state index in [1.54, 1.807) is 35.8 Å². The van der Waals surface area contributed by atoms with Gasteiger partial charge >= 0.3 is 0 Å². The molecule has 0 bridgehead atoms. The van der Waals surface area contributed by atoms with Gasteiger partial charge in [-0.15, -0.1) is 11.3 Å². The van der Waals surface area contributed by atoms with Gasteiger partial charge in [0, 0.05) is 18.4 Å². The Bertz CT molecular complexity index is 746. The highest BCUT2D eigenvalue weighted by Gasteiger charge is 2.09. The number of thioether (sulfide) groups is 1. The predicted octanol–water partition coefficient (Wildman–Crippen LogP) is 2.32. The first-order chi connectivity index (χ1) is 9.25. The van der Waals surface area contributed by atoms with Crippen LogP contribution in [0.2, 0.25) is 0 Å². The Morgan fingerprint density at radius 3 is 3.21 bits per heavy atom. The lowest BCUT2D eigenvalue weighted by atomic mass is 10.3. The van der Waals surface area contributed by atoms with Gasteiger partial charge in [0.25, 0.3) is 5.56 Å². The minimum atomic E-state index is 0.0127. The van der Waals surface area contributed by atoms with Crippen molar-refractivity contribution in [1.29, 1.82) is 0 Å². The van der Waals surface area contributed by atoms with Crippen LogP contribution in [0.25, 0.3) is 10.2 Å². The molecule has 0 amide bonds. The monoisotopic (exact) mass is 293 g/mol.